The van der Waals surface area contributed by atoms with Gasteiger partial charge in [-0.15, -0.1) is 0 Å². The first-order valence-corrected chi connectivity index (χ1v) is 4.84. The number of halogens is 4. The maximum absolute atomic E-state index is 13.3. The Morgan fingerprint density at radius 2 is 2.12 bits per heavy atom. The molecule has 3 nitrogen and oxygen atoms in total. The summed E-state index contributed by atoms with van der Waals surface area (Å²) < 4.78 is 41.4. The van der Waals surface area contributed by atoms with Crippen molar-refractivity contribution >= 4 is 21.9 Å². The molecular weight excluding hydrogens is 293 g/mol. The fraction of sp³-hybridized carbons (Fsp3) is 0.222. The van der Waals surface area contributed by atoms with E-state index in [1.54, 1.807) is 0 Å². The summed E-state index contributed by atoms with van der Waals surface area (Å²) in [6.07, 6.45) is -2.73. The Morgan fingerprint density at radius 3 is 2.56 bits per heavy atom. The molecule has 1 rings (SSSR count). The first kappa shape index (κ1) is 12.8. The van der Waals surface area contributed by atoms with Crippen molar-refractivity contribution in [2.75, 3.05) is 6.61 Å². The molecule has 0 saturated heterocycles. The van der Waals surface area contributed by atoms with Crippen LogP contribution in [0.1, 0.15) is 10.4 Å². The van der Waals surface area contributed by atoms with Crippen LogP contribution in [0.2, 0.25) is 0 Å². The van der Waals surface area contributed by atoms with E-state index in [1.165, 1.54) is 0 Å². The number of hydrogen-bond acceptors (Lipinski definition) is 2. The molecule has 0 unspecified atom stereocenters. The number of ether oxygens (including phenoxy) is 1. The summed E-state index contributed by atoms with van der Waals surface area (Å²) in [6, 6.07) is 1.78. The maximum atomic E-state index is 13.3. The smallest absolute Gasteiger partial charge is 0.335 e. The monoisotopic (exact) mass is 298 g/mol. The van der Waals surface area contributed by atoms with E-state index in [-0.39, 0.29) is 10.0 Å². The van der Waals surface area contributed by atoms with Crippen LogP contribution in [-0.2, 0) is 0 Å². The standard InChI is InChI=1S/C9H6BrF3O3/c10-5-1-4(9(14)15)2-6(11)8(5)16-3-7(12)13/h1-2,7H,3H2,(H,14,15). The molecule has 0 radical (unpaired) electrons. The summed E-state index contributed by atoms with van der Waals surface area (Å²) in [6.45, 7) is -0.956. The molecule has 0 aliphatic carbocycles. The molecule has 1 aromatic carbocycles. The highest BCUT2D eigenvalue weighted by Crippen LogP contribution is 2.30. The van der Waals surface area contributed by atoms with Gasteiger partial charge >= 0.3 is 5.97 Å². The van der Waals surface area contributed by atoms with Gasteiger partial charge in [0, 0.05) is 0 Å². The molecule has 0 aromatic heterocycles. The van der Waals surface area contributed by atoms with Crippen LogP contribution in [0.15, 0.2) is 16.6 Å². The van der Waals surface area contributed by atoms with Crippen molar-refractivity contribution in [2.24, 2.45) is 0 Å². The van der Waals surface area contributed by atoms with Gasteiger partial charge in [0.05, 0.1) is 10.0 Å². The molecule has 16 heavy (non-hydrogen) atoms. The molecule has 7 heteroatoms. The molecule has 0 fully saturated rings. The Morgan fingerprint density at radius 1 is 1.50 bits per heavy atom. The van der Waals surface area contributed by atoms with Gasteiger partial charge in [0.25, 0.3) is 6.43 Å². The summed E-state index contributed by atoms with van der Waals surface area (Å²) in [5.41, 5.74) is -0.297. The minimum absolute atomic E-state index is 0.0226. The first-order chi connectivity index (χ1) is 7.41. The molecule has 0 aliphatic rings. The number of carbonyl (C=O) groups is 1. The zero-order chi connectivity index (χ0) is 12.3. The normalized spacial score (nSPS) is 10.6. The van der Waals surface area contributed by atoms with Crippen LogP contribution >= 0.6 is 15.9 Å². The largest absolute Gasteiger partial charge is 0.483 e. The van der Waals surface area contributed by atoms with E-state index in [0.29, 0.717) is 6.07 Å². The number of carboxylic acids is 1. The third kappa shape index (κ3) is 3.13. The number of hydrogen-bond donors (Lipinski definition) is 1. The Hall–Kier alpha value is -1.24. The van der Waals surface area contributed by atoms with Crippen molar-refractivity contribution in [3.8, 4) is 5.75 Å². The fourth-order valence-corrected chi connectivity index (χ4v) is 1.52. The number of carboxylic acid groups (broad SMARTS) is 1. The van der Waals surface area contributed by atoms with Crippen molar-refractivity contribution < 1.29 is 27.8 Å². The summed E-state index contributed by atoms with van der Waals surface area (Å²) in [4.78, 5) is 10.5. The van der Waals surface area contributed by atoms with Crippen LogP contribution in [0.25, 0.3) is 0 Å². The van der Waals surface area contributed by atoms with Gasteiger partial charge in [0.2, 0.25) is 0 Å². The zero-order valence-corrected chi connectivity index (χ0v) is 9.30. The van der Waals surface area contributed by atoms with Gasteiger partial charge in [-0.1, -0.05) is 0 Å². The van der Waals surface area contributed by atoms with Gasteiger partial charge in [-0.25, -0.2) is 18.0 Å². The van der Waals surface area contributed by atoms with E-state index in [1.807, 2.05) is 0 Å². The molecule has 0 spiro atoms. The second kappa shape index (κ2) is 5.20. The highest BCUT2D eigenvalue weighted by atomic mass is 79.9. The van der Waals surface area contributed by atoms with E-state index in [4.69, 9.17) is 5.11 Å². The second-order valence-electron chi connectivity index (χ2n) is 2.78. The Bertz CT molecular complexity index is 386. The van der Waals surface area contributed by atoms with Gasteiger partial charge in [-0.05, 0) is 28.1 Å². The Balaban J connectivity index is 2.98. The molecule has 0 bridgehead atoms. The SMILES string of the molecule is O=C(O)c1cc(F)c(OCC(F)F)c(Br)c1. The molecule has 0 aliphatic heterocycles. The second-order valence-corrected chi connectivity index (χ2v) is 3.63. The average Bonchev–Trinajstić information content (AvgIpc) is 2.15. The molecule has 0 atom stereocenters. The molecule has 1 N–H and O–H groups in total. The Kier molecular flexibility index (Phi) is 4.17. The fourth-order valence-electron chi connectivity index (χ4n) is 0.968. The van der Waals surface area contributed by atoms with Crippen LogP contribution < -0.4 is 4.74 Å². The lowest BCUT2D eigenvalue weighted by molar-refractivity contribution is 0.0693. The van der Waals surface area contributed by atoms with E-state index in [9.17, 15) is 18.0 Å². The van der Waals surface area contributed by atoms with Crippen LogP contribution in [0.5, 0.6) is 5.75 Å². The summed E-state index contributed by atoms with van der Waals surface area (Å²) >= 11 is 2.84. The molecular formula is C9H6BrF3O3. The van der Waals surface area contributed by atoms with Crippen molar-refractivity contribution in [2.45, 2.75) is 6.43 Å². The quantitative estimate of drug-likeness (QED) is 0.930. The van der Waals surface area contributed by atoms with Gasteiger partial charge in [0.1, 0.15) is 6.61 Å². The van der Waals surface area contributed by atoms with E-state index in [2.05, 4.69) is 20.7 Å². The molecule has 0 saturated carbocycles. The van der Waals surface area contributed by atoms with Gasteiger partial charge < -0.3 is 9.84 Å². The lowest BCUT2D eigenvalue weighted by Crippen LogP contribution is -2.09. The predicted molar refractivity (Wildman–Crippen MR) is 52.6 cm³/mol. The first-order valence-electron chi connectivity index (χ1n) is 4.05. The topological polar surface area (TPSA) is 46.5 Å². The Labute approximate surface area is 97.0 Å². The highest BCUT2D eigenvalue weighted by Gasteiger charge is 2.15. The molecule has 0 heterocycles. The summed E-state index contributed by atoms with van der Waals surface area (Å²) in [5, 5.41) is 8.59. The third-order valence-electron chi connectivity index (χ3n) is 1.60. The average molecular weight is 299 g/mol. The lowest BCUT2D eigenvalue weighted by atomic mass is 10.2. The highest BCUT2D eigenvalue weighted by molar-refractivity contribution is 9.10. The van der Waals surface area contributed by atoms with Gasteiger partial charge in [-0.2, -0.15) is 0 Å². The molecule has 0 amide bonds. The van der Waals surface area contributed by atoms with Crippen LogP contribution in [0.3, 0.4) is 0 Å². The maximum Gasteiger partial charge on any atom is 0.335 e. The van der Waals surface area contributed by atoms with Crippen LogP contribution in [0.4, 0.5) is 13.2 Å². The van der Waals surface area contributed by atoms with E-state index in [0.717, 1.165) is 6.07 Å². The van der Waals surface area contributed by atoms with Crippen molar-refractivity contribution in [1.29, 1.82) is 0 Å². The third-order valence-corrected chi connectivity index (χ3v) is 2.19. The number of aromatic carboxylic acids is 1. The van der Waals surface area contributed by atoms with E-state index >= 15 is 0 Å². The minimum Gasteiger partial charge on any atom is -0.483 e. The van der Waals surface area contributed by atoms with E-state index < -0.39 is 30.6 Å². The molecule has 88 valence electrons. The van der Waals surface area contributed by atoms with Crippen molar-refractivity contribution in [3.05, 3.63) is 28.0 Å². The number of alkyl halides is 2. The number of rotatable bonds is 4. The summed E-state index contributed by atoms with van der Waals surface area (Å²) in [7, 11) is 0. The van der Waals surface area contributed by atoms with Crippen molar-refractivity contribution in [1.82, 2.24) is 0 Å². The lowest BCUT2D eigenvalue weighted by Gasteiger charge is -2.09. The van der Waals surface area contributed by atoms with Crippen LogP contribution in [-0.4, -0.2) is 24.1 Å². The zero-order valence-electron chi connectivity index (χ0n) is 7.71. The van der Waals surface area contributed by atoms with Crippen molar-refractivity contribution in [3.63, 3.8) is 0 Å². The van der Waals surface area contributed by atoms with Crippen LogP contribution in [0, 0.1) is 5.82 Å². The summed E-state index contributed by atoms with van der Waals surface area (Å²) in [5.74, 6) is -2.75. The molecule has 1 aromatic rings. The van der Waals surface area contributed by atoms with Gasteiger partial charge in [-0.3, -0.25) is 0 Å². The number of benzene rings is 1. The van der Waals surface area contributed by atoms with Gasteiger partial charge in [0.15, 0.2) is 11.6 Å². The minimum atomic E-state index is -2.73. The predicted octanol–water partition coefficient (Wildman–Crippen LogP) is 2.93.